The number of methoxy groups -OCH3 is 1. The van der Waals surface area contributed by atoms with Crippen molar-refractivity contribution in [1.82, 2.24) is 0 Å². The fraction of sp³-hybridized carbons (Fsp3) is 0.150. The summed E-state index contributed by atoms with van der Waals surface area (Å²) < 4.78 is 15.6. The van der Waals surface area contributed by atoms with E-state index in [0.717, 1.165) is 0 Å². The topological polar surface area (TPSA) is 94.8 Å². The van der Waals surface area contributed by atoms with Crippen LogP contribution in [-0.4, -0.2) is 19.0 Å². The summed E-state index contributed by atoms with van der Waals surface area (Å²) in [7, 11) is 1.52. The Morgan fingerprint density at radius 1 is 1.07 bits per heavy atom. The van der Waals surface area contributed by atoms with E-state index in [2.05, 4.69) is 5.32 Å². The lowest BCUT2D eigenvalue weighted by Crippen LogP contribution is -2.09. The van der Waals surface area contributed by atoms with E-state index in [4.69, 9.17) is 13.9 Å². The van der Waals surface area contributed by atoms with Gasteiger partial charge >= 0.3 is 11.6 Å². The summed E-state index contributed by atoms with van der Waals surface area (Å²) in [6.07, 6.45) is 0. The third-order valence-corrected chi connectivity index (χ3v) is 3.84. The van der Waals surface area contributed by atoms with Crippen molar-refractivity contribution in [3.8, 4) is 5.75 Å². The highest BCUT2D eigenvalue weighted by molar-refractivity contribution is 5.92. The number of amides is 1. The van der Waals surface area contributed by atoms with E-state index in [1.54, 1.807) is 42.5 Å². The van der Waals surface area contributed by atoms with E-state index in [1.165, 1.54) is 20.1 Å². The quantitative estimate of drug-likeness (QED) is 0.550. The largest absolute Gasteiger partial charge is 0.497 e. The predicted octanol–water partition coefficient (Wildman–Crippen LogP) is 3.12. The van der Waals surface area contributed by atoms with Crippen LogP contribution < -0.4 is 15.7 Å². The number of anilines is 1. The molecule has 0 saturated heterocycles. The van der Waals surface area contributed by atoms with Crippen molar-refractivity contribution < 1.29 is 23.5 Å². The Morgan fingerprint density at radius 2 is 1.81 bits per heavy atom. The summed E-state index contributed by atoms with van der Waals surface area (Å²) in [5.74, 6) is -0.185. The highest BCUT2D eigenvalue weighted by atomic mass is 16.5. The van der Waals surface area contributed by atoms with E-state index in [9.17, 15) is 14.4 Å². The Labute approximate surface area is 154 Å². The highest BCUT2D eigenvalue weighted by Gasteiger charge is 2.11. The van der Waals surface area contributed by atoms with Gasteiger partial charge in [-0.3, -0.25) is 4.79 Å². The Bertz CT molecular complexity index is 1050. The molecule has 1 aromatic heterocycles. The maximum Gasteiger partial charge on any atom is 0.338 e. The molecule has 27 heavy (non-hydrogen) atoms. The van der Waals surface area contributed by atoms with Crippen molar-refractivity contribution in [1.29, 1.82) is 0 Å². The highest BCUT2D eigenvalue weighted by Crippen LogP contribution is 2.23. The molecule has 7 heteroatoms. The maximum absolute atomic E-state index is 12.2. The van der Waals surface area contributed by atoms with Gasteiger partial charge in [0.25, 0.3) is 0 Å². The first-order valence-electron chi connectivity index (χ1n) is 8.12. The Balaban J connectivity index is 1.77. The van der Waals surface area contributed by atoms with E-state index >= 15 is 0 Å². The molecular weight excluding hydrogens is 350 g/mol. The molecule has 2 aromatic carbocycles. The van der Waals surface area contributed by atoms with E-state index in [1.807, 2.05) is 0 Å². The minimum atomic E-state index is -0.542. The average Bonchev–Trinajstić information content (AvgIpc) is 2.65. The van der Waals surface area contributed by atoms with Gasteiger partial charge in [0.15, 0.2) is 0 Å². The molecule has 0 aliphatic heterocycles. The Kier molecular flexibility index (Phi) is 5.21. The summed E-state index contributed by atoms with van der Waals surface area (Å²) in [5.41, 5.74) is 1.26. The van der Waals surface area contributed by atoms with Crippen molar-refractivity contribution in [2.45, 2.75) is 13.5 Å². The van der Waals surface area contributed by atoms with Crippen LogP contribution in [0.5, 0.6) is 5.75 Å². The third-order valence-electron chi connectivity index (χ3n) is 3.84. The third kappa shape index (κ3) is 4.33. The summed E-state index contributed by atoms with van der Waals surface area (Å²) in [6.45, 7) is 1.32. The molecule has 1 heterocycles. The zero-order valence-corrected chi connectivity index (χ0v) is 14.8. The number of carbonyl (C=O) groups excluding carboxylic acids is 2. The molecule has 0 fully saturated rings. The van der Waals surface area contributed by atoms with Gasteiger partial charge in [-0.05, 0) is 36.4 Å². The van der Waals surface area contributed by atoms with Crippen molar-refractivity contribution in [2.24, 2.45) is 0 Å². The number of benzene rings is 2. The number of hydrogen-bond acceptors (Lipinski definition) is 6. The van der Waals surface area contributed by atoms with E-state index in [0.29, 0.717) is 33.5 Å². The number of hydrogen-bond donors (Lipinski definition) is 1. The van der Waals surface area contributed by atoms with Gasteiger partial charge in [0.1, 0.15) is 17.9 Å². The normalized spacial score (nSPS) is 10.4. The lowest BCUT2D eigenvalue weighted by atomic mass is 10.1. The summed E-state index contributed by atoms with van der Waals surface area (Å²) in [4.78, 5) is 35.0. The molecule has 0 atom stereocenters. The zero-order valence-electron chi connectivity index (χ0n) is 14.8. The van der Waals surface area contributed by atoms with Crippen molar-refractivity contribution in [3.63, 3.8) is 0 Å². The van der Waals surface area contributed by atoms with Gasteiger partial charge in [0.05, 0.1) is 12.7 Å². The predicted molar refractivity (Wildman–Crippen MR) is 98.9 cm³/mol. The number of esters is 1. The molecule has 0 saturated carbocycles. The minimum Gasteiger partial charge on any atom is -0.497 e. The van der Waals surface area contributed by atoms with E-state index in [-0.39, 0.29) is 12.5 Å². The number of rotatable bonds is 5. The van der Waals surface area contributed by atoms with Crippen LogP contribution in [0.4, 0.5) is 5.69 Å². The fourth-order valence-electron chi connectivity index (χ4n) is 2.58. The zero-order chi connectivity index (χ0) is 19.4. The second-order valence-electron chi connectivity index (χ2n) is 5.79. The van der Waals surface area contributed by atoms with Crippen molar-refractivity contribution in [3.05, 3.63) is 70.1 Å². The number of nitrogens with one attached hydrogen (secondary N) is 1. The summed E-state index contributed by atoms with van der Waals surface area (Å²) in [5, 5.41) is 3.27. The average molecular weight is 367 g/mol. The van der Waals surface area contributed by atoms with Gasteiger partial charge in [-0.15, -0.1) is 0 Å². The van der Waals surface area contributed by atoms with Crippen LogP contribution >= 0.6 is 0 Å². The van der Waals surface area contributed by atoms with Gasteiger partial charge in [-0.1, -0.05) is 0 Å². The van der Waals surface area contributed by atoms with Crippen LogP contribution in [0.25, 0.3) is 11.0 Å². The van der Waals surface area contributed by atoms with Crippen LogP contribution in [0.2, 0.25) is 0 Å². The van der Waals surface area contributed by atoms with Crippen molar-refractivity contribution in [2.75, 3.05) is 12.4 Å². The number of carbonyl (C=O) groups is 2. The van der Waals surface area contributed by atoms with Crippen LogP contribution in [0, 0.1) is 0 Å². The van der Waals surface area contributed by atoms with Crippen LogP contribution in [0.3, 0.4) is 0 Å². The Hall–Kier alpha value is -3.61. The number of ether oxygens (including phenoxy) is 2. The lowest BCUT2D eigenvalue weighted by Gasteiger charge is -2.09. The molecule has 1 amide bonds. The second-order valence-corrected chi connectivity index (χ2v) is 5.79. The molecule has 7 nitrogen and oxygen atoms in total. The van der Waals surface area contributed by atoms with Gasteiger partial charge in [-0.2, -0.15) is 0 Å². The standard InChI is InChI=1S/C20H17NO6/c1-12(22)21-15-5-3-13(4-6-15)20(24)26-11-14-9-19(23)27-18-10-16(25-2)7-8-17(14)18/h3-10H,11H2,1-2H3,(H,21,22). The van der Waals surface area contributed by atoms with E-state index < -0.39 is 11.6 Å². The van der Waals surface area contributed by atoms with Gasteiger partial charge in [0.2, 0.25) is 5.91 Å². The molecule has 138 valence electrons. The molecule has 3 aromatic rings. The first kappa shape index (κ1) is 18.2. The summed E-state index contributed by atoms with van der Waals surface area (Å²) in [6, 6.07) is 12.7. The fourth-order valence-corrected chi connectivity index (χ4v) is 2.58. The first-order chi connectivity index (χ1) is 13.0. The molecule has 3 rings (SSSR count). The minimum absolute atomic E-state index is 0.0826. The molecule has 0 unspecified atom stereocenters. The molecule has 0 radical (unpaired) electrons. The van der Waals surface area contributed by atoms with Crippen LogP contribution in [-0.2, 0) is 16.1 Å². The summed E-state index contributed by atoms with van der Waals surface area (Å²) >= 11 is 0. The van der Waals surface area contributed by atoms with Gasteiger partial charge < -0.3 is 19.2 Å². The molecule has 0 aliphatic rings. The molecule has 0 bridgehead atoms. The molecule has 1 N–H and O–H groups in total. The molecular formula is C20H17NO6. The molecule has 0 spiro atoms. The lowest BCUT2D eigenvalue weighted by molar-refractivity contribution is -0.114. The van der Waals surface area contributed by atoms with Gasteiger partial charge in [-0.25, -0.2) is 9.59 Å². The molecule has 0 aliphatic carbocycles. The monoisotopic (exact) mass is 367 g/mol. The first-order valence-corrected chi connectivity index (χ1v) is 8.12. The maximum atomic E-state index is 12.2. The smallest absolute Gasteiger partial charge is 0.338 e. The van der Waals surface area contributed by atoms with Crippen LogP contribution in [0.15, 0.2) is 57.7 Å². The van der Waals surface area contributed by atoms with Crippen LogP contribution in [0.1, 0.15) is 22.8 Å². The van der Waals surface area contributed by atoms with Crippen molar-refractivity contribution >= 4 is 28.5 Å². The SMILES string of the molecule is COc1ccc2c(COC(=O)c3ccc(NC(C)=O)cc3)cc(=O)oc2c1. The van der Waals surface area contributed by atoms with Gasteiger partial charge in [0, 0.05) is 35.7 Å². The second kappa shape index (κ2) is 7.74. The Morgan fingerprint density at radius 3 is 2.48 bits per heavy atom. The number of fused-ring (bicyclic) bond motifs is 1.